The summed E-state index contributed by atoms with van der Waals surface area (Å²) in [6.45, 7) is 4.73. The second kappa shape index (κ2) is 8.17. The largest absolute Gasteiger partial charge is 0.350 e. The number of thiophene rings is 1. The first kappa shape index (κ1) is 20.5. The molecule has 2 amide bonds. The lowest BCUT2D eigenvalue weighted by Gasteiger charge is -2.16. The molecule has 0 saturated carbocycles. The van der Waals surface area contributed by atoms with Crippen LogP contribution < -0.4 is 5.32 Å². The summed E-state index contributed by atoms with van der Waals surface area (Å²) in [5.41, 5.74) is 0.852. The van der Waals surface area contributed by atoms with Crippen molar-refractivity contribution in [3.05, 3.63) is 65.0 Å². The van der Waals surface area contributed by atoms with Gasteiger partial charge in [-0.1, -0.05) is 18.2 Å². The summed E-state index contributed by atoms with van der Waals surface area (Å²) in [6.07, 6.45) is 3.20. The van der Waals surface area contributed by atoms with Gasteiger partial charge in [-0.3, -0.25) is 14.5 Å². The maximum Gasteiger partial charge on any atom is 0.278 e. The molecule has 3 heterocycles. The van der Waals surface area contributed by atoms with Crippen LogP contribution in [0.4, 0.5) is 5.69 Å². The monoisotopic (exact) mass is 443 g/mol. The Labute approximate surface area is 179 Å². The van der Waals surface area contributed by atoms with Crippen LogP contribution in [-0.2, 0) is 19.6 Å². The van der Waals surface area contributed by atoms with Gasteiger partial charge in [0.15, 0.2) is 0 Å². The Morgan fingerprint density at radius 3 is 2.53 bits per heavy atom. The Kier molecular flexibility index (Phi) is 5.59. The predicted molar refractivity (Wildman–Crippen MR) is 116 cm³/mol. The fraction of sp³-hybridized carbons (Fsp3) is 0.238. The Morgan fingerprint density at radius 2 is 1.87 bits per heavy atom. The van der Waals surface area contributed by atoms with Crippen molar-refractivity contribution in [3.63, 3.8) is 0 Å². The van der Waals surface area contributed by atoms with Gasteiger partial charge in [-0.05, 0) is 42.5 Å². The molecular weight excluding hydrogens is 422 g/mol. The molecule has 30 heavy (non-hydrogen) atoms. The van der Waals surface area contributed by atoms with Crippen molar-refractivity contribution in [1.82, 2.24) is 9.21 Å². The average molecular weight is 444 g/mol. The van der Waals surface area contributed by atoms with Crippen molar-refractivity contribution in [2.75, 3.05) is 25.0 Å². The molecule has 0 aliphatic carbocycles. The van der Waals surface area contributed by atoms with E-state index in [1.807, 2.05) is 11.4 Å². The Bertz CT molecular complexity index is 1130. The number of carbonyl (C=O) groups is 2. The number of benzene rings is 1. The van der Waals surface area contributed by atoms with Crippen molar-refractivity contribution in [1.29, 1.82) is 0 Å². The number of sulfonamides is 1. The molecule has 2 aliphatic rings. The van der Waals surface area contributed by atoms with E-state index in [9.17, 15) is 18.0 Å². The van der Waals surface area contributed by atoms with E-state index in [1.165, 1.54) is 27.8 Å². The minimum Gasteiger partial charge on any atom is -0.350 e. The second-order valence-corrected chi connectivity index (χ2v) is 9.89. The lowest BCUT2D eigenvalue weighted by atomic mass is 10.2. The van der Waals surface area contributed by atoms with Crippen LogP contribution in [0.15, 0.2) is 65.0 Å². The van der Waals surface area contributed by atoms with E-state index in [0.717, 1.165) is 17.7 Å². The Morgan fingerprint density at radius 1 is 1.10 bits per heavy atom. The van der Waals surface area contributed by atoms with Gasteiger partial charge in [0, 0.05) is 30.2 Å². The normalized spacial score (nSPS) is 17.8. The van der Waals surface area contributed by atoms with E-state index >= 15 is 0 Å². The van der Waals surface area contributed by atoms with Gasteiger partial charge < -0.3 is 5.32 Å². The van der Waals surface area contributed by atoms with Gasteiger partial charge in [0.05, 0.1) is 10.5 Å². The van der Waals surface area contributed by atoms with Crippen LogP contribution in [0.1, 0.15) is 17.7 Å². The van der Waals surface area contributed by atoms with Crippen molar-refractivity contribution in [3.8, 4) is 0 Å². The van der Waals surface area contributed by atoms with E-state index in [0.29, 0.717) is 23.7 Å². The second-order valence-electron chi connectivity index (χ2n) is 7.00. The number of hydrogen-bond donors (Lipinski definition) is 1. The minimum atomic E-state index is -3.59. The van der Waals surface area contributed by atoms with Crippen LogP contribution in [0, 0.1) is 0 Å². The molecule has 0 bridgehead atoms. The molecular formula is C21H21N3O4S2. The van der Waals surface area contributed by atoms with Crippen LogP contribution in [0.2, 0.25) is 0 Å². The van der Waals surface area contributed by atoms with E-state index < -0.39 is 21.8 Å². The number of amides is 2. The molecule has 0 unspecified atom stereocenters. The number of nitrogens with one attached hydrogen (secondary N) is 1. The molecule has 1 saturated heterocycles. The molecule has 1 aromatic carbocycles. The van der Waals surface area contributed by atoms with E-state index in [4.69, 9.17) is 0 Å². The van der Waals surface area contributed by atoms with E-state index in [-0.39, 0.29) is 22.7 Å². The fourth-order valence-corrected chi connectivity index (χ4v) is 5.92. The maximum atomic E-state index is 12.9. The number of anilines is 1. The SMILES string of the molecule is C=CCN1C(=O)C(Nc2cccc(S(=O)(=O)N3CCCC3)c2)=C(c2cccs2)C1=O. The molecule has 1 N–H and O–H groups in total. The van der Waals surface area contributed by atoms with Gasteiger partial charge in [0.1, 0.15) is 5.70 Å². The van der Waals surface area contributed by atoms with Gasteiger partial charge in [0.25, 0.3) is 11.8 Å². The summed E-state index contributed by atoms with van der Waals surface area (Å²) in [7, 11) is -3.59. The highest BCUT2D eigenvalue weighted by atomic mass is 32.2. The summed E-state index contributed by atoms with van der Waals surface area (Å²) < 4.78 is 27.2. The number of rotatable bonds is 7. The smallest absolute Gasteiger partial charge is 0.278 e. The highest BCUT2D eigenvalue weighted by molar-refractivity contribution is 7.89. The van der Waals surface area contributed by atoms with Crippen LogP contribution in [-0.4, -0.2) is 49.1 Å². The van der Waals surface area contributed by atoms with Crippen molar-refractivity contribution >= 4 is 44.4 Å². The minimum absolute atomic E-state index is 0.0983. The van der Waals surface area contributed by atoms with Crippen LogP contribution in [0.3, 0.4) is 0 Å². The lowest BCUT2D eigenvalue weighted by Crippen LogP contribution is -2.32. The highest BCUT2D eigenvalue weighted by Gasteiger charge is 2.39. The third-order valence-electron chi connectivity index (χ3n) is 5.05. The average Bonchev–Trinajstić information content (AvgIpc) is 3.48. The molecule has 1 fully saturated rings. The summed E-state index contributed by atoms with van der Waals surface area (Å²) in [4.78, 5) is 27.7. The first-order valence-electron chi connectivity index (χ1n) is 9.56. The molecule has 7 nitrogen and oxygen atoms in total. The molecule has 2 aromatic rings. The highest BCUT2D eigenvalue weighted by Crippen LogP contribution is 2.33. The first-order chi connectivity index (χ1) is 14.4. The van der Waals surface area contributed by atoms with Crippen LogP contribution in [0.25, 0.3) is 5.57 Å². The van der Waals surface area contributed by atoms with Crippen LogP contribution in [0.5, 0.6) is 0 Å². The summed E-state index contributed by atoms with van der Waals surface area (Å²) in [5.74, 6) is -0.859. The molecule has 0 spiro atoms. The molecule has 9 heteroatoms. The molecule has 2 aliphatic heterocycles. The molecule has 1 aromatic heterocycles. The predicted octanol–water partition coefficient (Wildman–Crippen LogP) is 2.91. The van der Waals surface area contributed by atoms with Crippen LogP contribution >= 0.6 is 11.3 Å². The third-order valence-corrected chi connectivity index (χ3v) is 7.84. The molecule has 156 valence electrons. The van der Waals surface area contributed by atoms with Crippen molar-refractivity contribution in [2.24, 2.45) is 0 Å². The van der Waals surface area contributed by atoms with Crippen molar-refractivity contribution < 1.29 is 18.0 Å². The van der Waals surface area contributed by atoms with Gasteiger partial charge in [-0.2, -0.15) is 4.31 Å². The maximum absolute atomic E-state index is 12.9. The number of carbonyl (C=O) groups excluding carboxylic acids is 2. The lowest BCUT2D eigenvalue weighted by molar-refractivity contribution is -0.136. The van der Waals surface area contributed by atoms with E-state index in [1.54, 1.807) is 24.3 Å². The Balaban J connectivity index is 1.71. The first-order valence-corrected chi connectivity index (χ1v) is 11.9. The Hall–Kier alpha value is -2.75. The zero-order valence-corrected chi connectivity index (χ0v) is 17.8. The topological polar surface area (TPSA) is 86.8 Å². The fourth-order valence-electron chi connectivity index (χ4n) is 3.59. The quantitative estimate of drug-likeness (QED) is 0.525. The summed E-state index contributed by atoms with van der Waals surface area (Å²) in [5, 5.41) is 4.84. The van der Waals surface area contributed by atoms with Gasteiger partial charge in [0.2, 0.25) is 10.0 Å². The molecule has 4 rings (SSSR count). The zero-order valence-electron chi connectivity index (χ0n) is 16.2. The number of nitrogens with zero attached hydrogens (tertiary/aromatic N) is 2. The standard InChI is InChI=1S/C21H21N3O4S2/c1-2-10-24-20(25)18(17-9-6-13-29-17)19(21(24)26)22-15-7-5-8-16(14-15)30(27,28)23-11-3-4-12-23/h2,5-9,13-14,22H,1,3-4,10-12H2. The van der Waals surface area contributed by atoms with Gasteiger partial charge in [-0.15, -0.1) is 17.9 Å². The van der Waals surface area contributed by atoms with Crippen molar-refractivity contribution in [2.45, 2.75) is 17.7 Å². The summed E-state index contributed by atoms with van der Waals surface area (Å²) in [6, 6.07) is 9.93. The number of imide groups is 1. The third kappa shape index (κ3) is 3.60. The van der Waals surface area contributed by atoms with Gasteiger partial charge in [-0.25, -0.2) is 8.42 Å². The summed E-state index contributed by atoms with van der Waals surface area (Å²) >= 11 is 1.36. The molecule has 0 atom stereocenters. The molecule has 0 radical (unpaired) electrons. The zero-order chi connectivity index (χ0) is 21.3. The number of hydrogen-bond acceptors (Lipinski definition) is 6. The van der Waals surface area contributed by atoms with E-state index in [2.05, 4.69) is 11.9 Å². The van der Waals surface area contributed by atoms with Gasteiger partial charge >= 0.3 is 0 Å².